The van der Waals surface area contributed by atoms with E-state index >= 15 is 0 Å². The van der Waals surface area contributed by atoms with E-state index in [4.69, 9.17) is 9.47 Å². The zero-order valence-electron chi connectivity index (χ0n) is 16.8. The van der Waals surface area contributed by atoms with Crippen molar-refractivity contribution in [2.75, 3.05) is 20.8 Å². The number of aliphatic imine (C=N–C) groups is 1. The predicted molar refractivity (Wildman–Crippen MR) is 122 cm³/mol. The molecule has 0 unspecified atom stereocenters. The monoisotopic (exact) mass is 501 g/mol. The van der Waals surface area contributed by atoms with Crippen LogP contribution in [0.2, 0.25) is 0 Å². The van der Waals surface area contributed by atoms with E-state index < -0.39 is 0 Å². The quantitative estimate of drug-likeness (QED) is 0.324. The summed E-state index contributed by atoms with van der Waals surface area (Å²) in [5.41, 5.74) is 3.67. The molecule has 0 atom stereocenters. The summed E-state index contributed by atoms with van der Waals surface area (Å²) in [4.78, 5) is 4.59. The molecule has 0 aliphatic carbocycles. The first-order chi connectivity index (χ1) is 13.1. The van der Waals surface area contributed by atoms with Gasteiger partial charge in [-0.05, 0) is 43.2 Å². The fraction of sp³-hybridized carbons (Fsp3) is 0.381. The van der Waals surface area contributed by atoms with Crippen molar-refractivity contribution in [3.63, 3.8) is 0 Å². The molecule has 0 bridgehead atoms. The topological polar surface area (TPSA) is 54.9 Å². The average molecular weight is 501 g/mol. The predicted octanol–water partition coefficient (Wildman–Crippen LogP) is 4.16. The number of halogens is 2. The largest absolute Gasteiger partial charge is 0.496 e. The second-order valence-electron chi connectivity index (χ2n) is 6.22. The maximum absolute atomic E-state index is 13.7. The SMILES string of the molecule is CCNC(=NCc1ccc(F)c(COC)c1)NCc1ccc(C)cc1OC.I. The number of methoxy groups -OCH3 is 2. The molecular weight excluding hydrogens is 472 g/mol. The van der Waals surface area contributed by atoms with Crippen LogP contribution in [0.4, 0.5) is 4.39 Å². The van der Waals surface area contributed by atoms with Gasteiger partial charge in [0.15, 0.2) is 5.96 Å². The van der Waals surface area contributed by atoms with Gasteiger partial charge in [0.25, 0.3) is 0 Å². The standard InChI is InChI=1S/C21H28FN3O2.HI/c1-5-23-21(25-13-17-8-6-15(2)10-20(17)27-4)24-12-16-7-9-19(22)18(11-16)14-26-3;/h6-11H,5,12-14H2,1-4H3,(H2,23,24,25);1H. The van der Waals surface area contributed by atoms with E-state index in [9.17, 15) is 4.39 Å². The molecule has 0 aliphatic rings. The fourth-order valence-electron chi connectivity index (χ4n) is 2.68. The molecule has 2 rings (SSSR count). The number of ether oxygens (including phenoxy) is 2. The van der Waals surface area contributed by atoms with Crippen LogP contribution in [0.15, 0.2) is 41.4 Å². The number of aryl methyl sites for hydroxylation is 1. The molecule has 0 amide bonds. The van der Waals surface area contributed by atoms with Crippen LogP contribution < -0.4 is 15.4 Å². The Morgan fingerprint density at radius 2 is 1.86 bits per heavy atom. The molecule has 154 valence electrons. The van der Waals surface area contributed by atoms with Gasteiger partial charge < -0.3 is 20.1 Å². The molecule has 0 radical (unpaired) electrons. The summed E-state index contributed by atoms with van der Waals surface area (Å²) in [7, 11) is 3.22. The first-order valence-electron chi connectivity index (χ1n) is 8.99. The second-order valence-corrected chi connectivity index (χ2v) is 6.22. The van der Waals surface area contributed by atoms with Crippen molar-refractivity contribution in [1.82, 2.24) is 10.6 Å². The lowest BCUT2D eigenvalue weighted by Gasteiger charge is -2.14. The van der Waals surface area contributed by atoms with E-state index in [1.165, 1.54) is 6.07 Å². The van der Waals surface area contributed by atoms with Crippen LogP contribution in [0.3, 0.4) is 0 Å². The average Bonchev–Trinajstić information content (AvgIpc) is 2.67. The fourth-order valence-corrected chi connectivity index (χ4v) is 2.68. The van der Waals surface area contributed by atoms with Gasteiger partial charge in [0.2, 0.25) is 0 Å². The first kappa shape index (κ1) is 24.2. The Hall–Kier alpha value is -1.87. The minimum Gasteiger partial charge on any atom is -0.496 e. The van der Waals surface area contributed by atoms with Crippen molar-refractivity contribution in [3.05, 3.63) is 64.5 Å². The molecule has 0 aromatic heterocycles. The van der Waals surface area contributed by atoms with Gasteiger partial charge in [-0.2, -0.15) is 0 Å². The Morgan fingerprint density at radius 1 is 1.07 bits per heavy atom. The van der Waals surface area contributed by atoms with Gasteiger partial charge in [-0.15, -0.1) is 24.0 Å². The molecule has 0 spiro atoms. The lowest BCUT2D eigenvalue weighted by atomic mass is 10.1. The highest BCUT2D eigenvalue weighted by atomic mass is 127. The van der Waals surface area contributed by atoms with Crippen molar-refractivity contribution in [2.45, 2.75) is 33.5 Å². The first-order valence-corrected chi connectivity index (χ1v) is 8.99. The summed E-state index contributed by atoms with van der Waals surface area (Å²) in [6.07, 6.45) is 0. The molecule has 2 aromatic carbocycles. The van der Waals surface area contributed by atoms with Crippen LogP contribution in [0.5, 0.6) is 5.75 Å². The smallest absolute Gasteiger partial charge is 0.191 e. The van der Waals surface area contributed by atoms with Gasteiger partial charge in [-0.1, -0.05) is 18.2 Å². The van der Waals surface area contributed by atoms with Crippen LogP contribution in [-0.2, 0) is 24.4 Å². The molecule has 0 aliphatic heterocycles. The van der Waals surface area contributed by atoms with Crippen LogP contribution in [0.1, 0.15) is 29.2 Å². The lowest BCUT2D eigenvalue weighted by molar-refractivity contribution is 0.181. The maximum atomic E-state index is 13.7. The minimum atomic E-state index is -0.263. The van der Waals surface area contributed by atoms with Crippen LogP contribution in [-0.4, -0.2) is 26.7 Å². The van der Waals surface area contributed by atoms with E-state index in [0.29, 0.717) is 24.6 Å². The van der Waals surface area contributed by atoms with Crippen molar-refractivity contribution < 1.29 is 13.9 Å². The summed E-state index contributed by atoms with van der Waals surface area (Å²) in [6.45, 7) is 6.07. The number of guanidine groups is 1. The Morgan fingerprint density at radius 3 is 2.54 bits per heavy atom. The van der Waals surface area contributed by atoms with Crippen molar-refractivity contribution >= 4 is 29.9 Å². The van der Waals surface area contributed by atoms with Crippen LogP contribution in [0.25, 0.3) is 0 Å². The van der Waals surface area contributed by atoms with Crippen LogP contribution >= 0.6 is 24.0 Å². The molecular formula is C21H29FIN3O2. The summed E-state index contributed by atoms with van der Waals surface area (Å²) in [5, 5.41) is 6.54. The molecule has 5 nitrogen and oxygen atoms in total. The van der Waals surface area contributed by atoms with E-state index in [1.807, 2.05) is 26.0 Å². The molecule has 0 fully saturated rings. The van der Waals surface area contributed by atoms with Gasteiger partial charge >= 0.3 is 0 Å². The van der Waals surface area contributed by atoms with E-state index in [2.05, 4.69) is 21.7 Å². The molecule has 0 saturated carbocycles. The molecule has 7 heteroatoms. The second kappa shape index (κ2) is 12.6. The van der Waals surface area contributed by atoms with Gasteiger partial charge in [0, 0.05) is 31.3 Å². The summed E-state index contributed by atoms with van der Waals surface area (Å²) < 4.78 is 24.2. The highest BCUT2D eigenvalue weighted by molar-refractivity contribution is 14.0. The minimum absolute atomic E-state index is 0. The summed E-state index contributed by atoms with van der Waals surface area (Å²) in [5.74, 6) is 1.28. The number of nitrogens with zero attached hydrogens (tertiary/aromatic N) is 1. The van der Waals surface area contributed by atoms with Gasteiger partial charge in [-0.3, -0.25) is 0 Å². The number of hydrogen-bond acceptors (Lipinski definition) is 3. The maximum Gasteiger partial charge on any atom is 0.191 e. The van der Waals surface area contributed by atoms with Crippen LogP contribution in [0, 0.1) is 12.7 Å². The van der Waals surface area contributed by atoms with Gasteiger partial charge in [0.1, 0.15) is 11.6 Å². The number of benzene rings is 2. The van der Waals surface area contributed by atoms with Crippen molar-refractivity contribution in [1.29, 1.82) is 0 Å². The normalized spacial score (nSPS) is 11.0. The molecule has 0 heterocycles. The van der Waals surface area contributed by atoms with E-state index in [0.717, 1.165) is 29.0 Å². The number of hydrogen-bond donors (Lipinski definition) is 2. The Kier molecular flexibility index (Phi) is 10.8. The number of nitrogens with one attached hydrogen (secondary N) is 2. The molecule has 0 saturated heterocycles. The highest BCUT2D eigenvalue weighted by Crippen LogP contribution is 2.19. The summed E-state index contributed by atoms with van der Waals surface area (Å²) in [6, 6.07) is 11.1. The molecule has 2 N–H and O–H groups in total. The molecule has 2 aromatic rings. The van der Waals surface area contributed by atoms with E-state index in [1.54, 1.807) is 26.4 Å². The van der Waals surface area contributed by atoms with E-state index in [-0.39, 0.29) is 36.4 Å². The zero-order valence-corrected chi connectivity index (χ0v) is 19.2. The highest BCUT2D eigenvalue weighted by Gasteiger charge is 2.06. The van der Waals surface area contributed by atoms with Gasteiger partial charge in [-0.25, -0.2) is 9.38 Å². The van der Waals surface area contributed by atoms with Crippen molar-refractivity contribution in [3.8, 4) is 5.75 Å². The van der Waals surface area contributed by atoms with Gasteiger partial charge in [0.05, 0.1) is 20.3 Å². The number of rotatable bonds is 8. The Balaban J connectivity index is 0.00000392. The third-order valence-corrected chi connectivity index (χ3v) is 4.06. The summed E-state index contributed by atoms with van der Waals surface area (Å²) >= 11 is 0. The molecule has 28 heavy (non-hydrogen) atoms. The zero-order chi connectivity index (χ0) is 19.6. The third-order valence-electron chi connectivity index (χ3n) is 4.06. The van der Waals surface area contributed by atoms with Crippen molar-refractivity contribution in [2.24, 2.45) is 4.99 Å². The third kappa shape index (κ3) is 7.27. The Bertz CT molecular complexity index is 784. The lowest BCUT2D eigenvalue weighted by Crippen LogP contribution is -2.36. The Labute approximate surface area is 183 Å².